The fourth-order valence-electron chi connectivity index (χ4n) is 4.59. The van der Waals surface area contributed by atoms with Gasteiger partial charge in [-0.2, -0.15) is 0 Å². The molecule has 9 heteroatoms. The SMILES string of the molecule is CC(NS(=O)(=O)c1ccc2c(c1)C(=O)c1cc(S(=O)(=O)NC(C)c3ccccc3)ccc1-2)c1ccccc1. The average Bonchev–Trinajstić information content (AvgIpc) is 3.20. The molecule has 0 heterocycles. The first-order valence-corrected chi connectivity index (χ1v) is 15.0. The number of ketones is 1. The molecule has 4 aromatic carbocycles. The molecule has 0 spiro atoms. The van der Waals surface area contributed by atoms with Crippen molar-refractivity contribution in [1.29, 1.82) is 0 Å². The van der Waals surface area contributed by atoms with E-state index in [9.17, 15) is 21.6 Å². The Morgan fingerprint density at radius 2 is 0.895 bits per heavy atom. The van der Waals surface area contributed by atoms with Gasteiger partial charge in [-0.3, -0.25) is 4.79 Å². The molecule has 1 aliphatic rings. The Kier molecular flexibility index (Phi) is 6.79. The van der Waals surface area contributed by atoms with Gasteiger partial charge >= 0.3 is 0 Å². The molecule has 7 nitrogen and oxygen atoms in total. The van der Waals surface area contributed by atoms with E-state index in [1.807, 2.05) is 60.7 Å². The number of rotatable bonds is 8. The van der Waals surface area contributed by atoms with Crippen molar-refractivity contribution in [2.45, 2.75) is 35.7 Å². The van der Waals surface area contributed by atoms with Gasteiger partial charge in [0.1, 0.15) is 0 Å². The van der Waals surface area contributed by atoms with Crippen molar-refractivity contribution in [1.82, 2.24) is 9.44 Å². The van der Waals surface area contributed by atoms with Crippen LogP contribution in [0.4, 0.5) is 0 Å². The molecule has 194 valence electrons. The summed E-state index contributed by atoms with van der Waals surface area (Å²) in [6, 6.07) is 26.2. The molecule has 2 N–H and O–H groups in total. The Labute approximate surface area is 222 Å². The summed E-state index contributed by atoms with van der Waals surface area (Å²) < 4.78 is 57.7. The summed E-state index contributed by atoms with van der Waals surface area (Å²) in [7, 11) is -7.84. The summed E-state index contributed by atoms with van der Waals surface area (Å²) in [5.41, 5.74) is 3.18. The van der Waals surface area contributed by atoms with Crippen molar-refractivity contribution in [2.75, 3.05) is 0 Å². The largest absolute Gasteiger partial charge is 0.289 e. The zero-order valence-electron chi connectivity index (χ0n) is 20.8. The summed E-state index contributed by atoms with van der Waals surface area (Å²) in [5.74, 6) is -0.420. The molecule has 4 aromatic rings. The summed E-state index contributed by atoms with van der Waals surface area (Å²) in [6.07, 6.45) is 0. The zero-order chi connectivity index (χ0) is 27.1. The summed E-state index contributed by atoms with van der Waals surface area (Å²) in [6.45, 7) is 3.49. The number of fused-ring (bicyclic) bond motifs is 3. The van der Waals surface area contributed by atoms with Gasteiger partial charge in [-0.05, 0) is 60.4 Å². The van der Waals surface area contributed by atoms with Crippen molar-refractivity contribution in [3.05, 3.63) is 119 Å². The molecule has 0 aromatic heterocycles. The lowest BCUT2D eigenvalue weighted by Gasteiger charge is -2.15. The number of benzene rings is 4. The first-order valence-electron chi connectivity index (χ1n) is 12.0. The van der Waals surface area contributed by atoms with Gasteiger partial charge in [-0.15, -0.1) is 0 Å². The van der Waals surface area contributed by atoms with Crippen LogP contribution in [0.2, 0.25) is 0 Å². The maximum absolute atomic E-state index is 13.3. The fourth-order valence-corrected chi connectivity index (χ4v) is 7.11. The van der Waals surface area contributed by atoms with Gasteiger partial charge in [0.05, 0.1) is 9.79 Å². The smallest absolute Gasteiger partial charge is 0.241 e. The minimum absolute atomic E-state index is 0.0358. The van der Waals surface area contributed by atoms with E-state index in [-0.39, 0.29) is 20.9 Å². The predicted molar refractivity (Wildman–Crippen MR) is 146 cm³/mol. The molecule has 0 amide bonds. The van der Waals surface area contributed by atoms with E-state index in [4.69, 9.17) is 0 Å². The van der Waals surface area contributed by atoms with E-state index >= 15 is 0 Å². The Balaban J connectivity index is 1.41. The standard InChI is InChI=1S/C29H26N2O5S2/c1-19(21-9-5-3-6-10-21)30-37(33,34)23-13-15-25-26-16-14-24(18-28(26)29(32)27(25)17-23)38(35,36)31-20(2)22-11-7-4-8-12-22/h3-20,30-31H,1-2H3. The third kappa shape index (κ3) is 4.93. The highest BCUT2D eigenvalue weighted by Gasteiger charge is 2.31. The van der Waals surface area contributed by atoms with Crippen LogP contribution < -0.4 is 9.44 Å². The predicted octanol–water partition coefficient (Wildman–Crippen LogP) is 4.98. The number of hydrogen-bond acceptors (Lipinski definition) is 5. The Morgan fingerprint density at radius 1 is 0.526 bits per heavy atom. The third-order valence-electron chi connectivity index (χ3n) is 6.65. The van der Waals surface area contributed by atoms with Gasteiger partial charge in [0.15, 0.2) is 5.78 Å². The molecule has 0 fully saturated rings. The van der Waals surface area contributed by atoms with Crippen LogP contribution in [0.1, 0.15) is 53.0 Å². The molecular weight excluding hydrogens is 520 g/mol. The lowest BCUT2D eigenvalue weighted by molar-refractivity contribution is 0.104. The monoisotopic (exact) mass is 546 g/mol. The van der Waals surface area contributed by atoms with E-state index in [1.165, 1.54) is 24.3 Å². The van der Waals surface area contributed by atoms with E-state index < -0.39 is 37.9 Å². The maximum atomic E-state index is 13.3. The van der Waals surface area contributed by atoms with Gasteiger partial charge in [0.25, 0.3) is 0 Å². The molecule has 0 radical (unpaired) electrons. The number of hydrogen-bond donors (Lipinski definition) is 2. The molecule has 0 aliphatic heterocycles. The molecular formula is C29H26N2O5S2. The minimum atomic E-state index is -3.92. The Bertz CT molecular complexity index is 1610. The van der Waals surface area contributed by atoms with Crippen LogP contribution in [0.5, 0.6) is 0 Å². The van der Waals surface area contributed by atoms with Crippen LogP contribution in [-0.2, 0) is 20.0 Å². The van der Waals surface area contributed by atoms with Gasteiger partial charge in [0, 0.05) is 23.2 Å². The second-order valence-corrected chi connectivity index (χ2v) is 12.7. The van der Waals surface area contributed by atoms with Crippen molar-refractivity contribution in [3.63, 3.8) is 0 Å². The summed E-state index contributed by atoms with van der Waals surface area (Å²) >= 11 is 0. The molecule has 0 saturated carbocycles. The molecule has 2 atom stereocenters. The van der Waals surface area contributed by atoms with E-state index in [1.54, 1.807) is 26.0 Å². The van der Waals surface area contributed by atoms with Crippen LogP contribution in [-0.4, -0.2) is 22.6 Å². The molecule has 5 rings (SSSR count). The second kappa shape index (κ2) is 9.92. The van der Waals surface area contributed by atoms with Crippen LogP contribution >= 0.6 is 0 Å². The summed E-state index contributed by atoms with van der Waals surface area (Å²) in [4.78, 5) is 13.2. The van der Waals surface area contributed by atoms with Crippen molar-refractivity contribution in [3.8, 4) is 11.1 Å². The lowest BCUT2D eigenvalue weighted by atomic mass is 10.1. The van der Waals surface area contributed by atoms with Crippen LogP contribution in [0, 0.1) is 0 Å². The molecule has 2 unspecified atom stereocenters. The Morgan fingerprint density at radius 3 is 1.26 bits per heavy atom. The topological polar surface area (TPSA) is 109 Å². The van der Waals surface area contributed by atoms with Gasteiger partial charge in [0.2, 0.25) is 20.0 Å². The van der Waals surface area contributed by atoms with Crippen LogP contribution in [0.15, 0.2) is 107 Å². The number of sulfonamides is 2. The first kappa shape index (κ1) is 26.0. The minimum Gasteiger partial charge on any atom is -0.289 e. The van der Waals surface area contributed by atoms with Gasteiger partial charge in [-0.1, -0.05) is 72.8 Å². The van der Waals surface area contributed by atoms with Crippen LogP contribution in [0.3, 0.4) is 0 Å². The van der Waals surface area contributed by atoms with Crippen molar-refractivity contribution in [2.24, 2.45) is 0 Å². The molecule has 0 bridgehead atoms. The van der Waals surface area contributed by atoms with E-state index in [0.29, 0.717) is 11.1 Å². The fraction of sp³-hybridized carbons (Fsp3) is 0.138. The average molecular weight is 547 g/mol. The highest BCUT2D eigenvalue weighted by Crippen LogP contribution is 2.39. The first-order chi connectivity index (χ1) is 18.1. The summed E-state index contributed by atoms with van der Waals surface area (Å²) in [5, 5.41) is 0. The van der Waals surface area contributed by atoms with Gasteiger partial charge < -0.3 is 0 Å². The quantitative estimate of drug-likeness (QED) is 0.285. The van der Waals surface area contributed by atoms with E-state index in [2.05, 4.69) is 9.44 Å². The normalized spacial score (nSPS) is 14.5. The third-order valence-corrected chi connectivity index (χ3v) is 9.72. The number of carbonyl (C=O) groups excluding carboxylic acids is 1. The van der Waals surface area contributed by atoms with E-state index in [0.717, 1.165) is 11.1 Å². The second-order valence-electron chi connectivity index (χ2n) is 9.25. The molecule has 38 heavy (non-hydrogen) atoms. The van der Waals surface area contributed by atoms with Crippen LogP contribution in [0.25, 0.3) is 11.1 Å². The highest BCUT2D eigenvalue weighted by molar-refractivity contribution is 7.89. The van der Waals surface area contributed by atoms with Gasteiger partial charge in [-0.25, -0.2) is 26.3 Å². The molecule has 1 aliphatic carbocycles. The molecule has 0 saturated heterocycles. The zero-order valence-corrected chi connectivity index (χ0v) is 22.4. The Hall–Kier alpha value is -3.63. The van der Waals surface area contributed by atoms with Crippen molar-refractivity contribution < 1.29 is 21.6 Å². The van der Waals surface area contributed by atoms with Crippen molar-refractivity contribution >= 4 is 25.8 Å². The highest BCUT2D eigenvalue weighted by atomic mass is 32.2. The number of nitrogens with one attached hydrogen (secondary N) is 2. The number of carbonyl (C=O) groups is 1. The maximum Gasteiger partial charge on any atom is 0.241 e. The lowest BCUT2D eigenvalue weighted by Crippen LogP contribution is -2.27.